The van der Waals surface area contributed by atoms with E-state index in [9.17, 15) is 0 Å². The molecule has 0 saturated heterocycles. The average Bonchev–Trinajstić information content (AvgIpc) is 3.01. The van der Waals surface area contributed by atoms with Gasteiger partial charge in [0, 0.05) is 38.6 Å². The van der Waals surface area contributed by atoms with Crippen LogP contribution in [0.15, 0.2) is 35.8 Å². The van der Waals surface area contributed by atoms with Crippen LogP contribution in [0.1, 0.15) is 29.1 Å². The maximum atomic E-state index is 4.53. The second-order valence-electron chi connectivity index (χ2n) is 4.88. The molecule has 0 aliphatic rings. The van der Waals surface area contributed by atoms with Crippen LogP contribution in [0.2, 0.25) is 0 Å². The van der Waals surface area contributed by atoms with Crippen molar-refractivity contribution in [3.63, 3.8) is 0 Å². The van der Waals surface area contributed by atoms with Gasteiger partial charge < -0.3 is 5.32 Å². The summed E-state index contributed by atoms with van der Waals surface area (Å²) in [7, 11) is 0. The number of aromatic nitrogens is 1. The van der Waals surface area contributed by atoms with E-state index in [4.69, 9.17) is 0 Å². The zero-order valence-electron chi connectivity index (χ0n) is 11.7. The van der Waals surface area contributed by atoms with Gasteiger partial charge in [0.25, 0.3) is 0 Å². The maximum Gasteiger partial charge on any atom is 0.0471 e. The second kappa shape index (κ2) is 6.04. The SMILES string of the molecule is CCNC(Cc1ncccc1C)c1cc2sccc2s1. The highest BCUT2D eigenvalue weighted by atomic mass is 32.1. The minimum absolute atomic E-state index is 0.359. The summed E-state index contributed by atoms with van der Waals surface area (Å²) in [5, 5.41) is 5.76. The number of nitrogens with zero attached hydrogens (tertiary/aromatic N) is 1. The van der Waals surface area contributed by atoms with Gasteiger partial charge in [-0.2, -0.15) is 0 Å². The summed E-state index contributed by atoms with van der Waals surface area (Å²) in [6.07, 6.45) is 2.84. The lowest BCUT2D eigenvalue weighted by Gasteiger charge is -2.17. The standard InChI is InChI=1S/C16H18N2S2/c1-3-17-13(9-12-11(2)5-4-7-18-12)15-10-16-14(20-15)6-8-19-16/h4-8,10,13,17H,3,9H2,1-2H3. The van der Waals surface area contributed by atoms with E-state index >= 15 is 0 Å². The van der Waals surface area contributed by atoms with Crippen molar-refractivity contribution < 1.29 is 0 Å². The van der Waals surface area contributed by atoms with Crippen LogP contribution in [0.3, 0.4) is 0 Å². The molecule has 3 rings (SSSR count). The van der Waals surface area contributed by atoms with E-state index in [0.29, 0.717) is 6.04 Å². The molecular weight excluding hydrogens is 284 g/mol. The van der Waals surface area contributed by atoms with Crippen LogP contribution in [-0.2, 0) is 6.42 Å². The Balaban J connectivity index is 1.89. The molecule has 0 aliphatic carbocycles. The first-order chi connectivity index (χ1) is 9.78. The molecule has 3 aromatic heterocycles. The molecule has 104 valence electrons. The number of hydrogen-bond acceptors (Lipinski definition) is 4. The number of thiophene rings is 2. The van der Waals surface area contributed by atoms with Crippen LogP contribution < -0.4 is 5.32 Å². The lowest BCUT2D eigenvalue weighted by Crippen LogP contribution is -2.22. The Morgan fingerprint density at radius 3 is 2.95 bits per heavy atom. The molecule has 0 amide bonds. The van der Waals surface area contributed by atoms with E-state index in [2.05, 4.69) is 47.7 Å². The van der Waals surface area contributed by atoms with Crippen molar-refractivity contribution in [1.29, 1.82) is 0 Å². The predicted molar refractivity (Wildman–Crippen MR) is 88.8 cm³/mol. The van der Waals surface area contributed by atoms with Gasteiger partial charge in [-0.1, -0.05) is 13.0 Å². The maximum absolute atomic E-state index is 4.53. The van der Waals surface area contributed by atoms with Crippen LogP contribution in [0.4, 0.5) is 0 Å². The van der Waals surface area contributed by atoms with Crippen molar-refractivity contribution >= 4 is 32.1 Å². The summed E-state index contributed by atoms with van der Waals surface area (Å²) in [6, 6.07) is 9.04. The zero-order valence-corrected chi connectivity index (χ0v) is 13.4. The summed E-state index contributed by atoms with van der Waals surface area (Å²) in [5.41, 5.74) is 2.46. The number of aryl methyl sites for hydroxylation is 1. The lowest BCUT2D eigenvalue weighted by molar-refractivity contribution is 0.551. The molecule has 2 nitrogen and oxygen atoms in total. The summed E-state index contributed by atoms with van der Waals surface area (Å²) >= 11 is 3.72. The molecule has 0 bridgehead atoms. The minimum atomic E-state index is 0.359. The van der Waals surface area contributed by atoms with Gasteiger partial charge in [-0.3, -0.25) is 4.98 Å². The van der Waals surface area contributed by atoms with Crippen LogP contribution in [-0.4, -0.2) is 11.5 Å². The van der Waals surface area contributed by atoms with Crippen LogP contribution in [0.25, 0.3) is 9.40 Å². The summed E-state index contributed by atoms with van der Waals surface area (Å²) in [4.78, 5) is 5.95. The Bertz CT molecular complexity index is 671. The fraction of sp³-hybridized carbons (Fsp3) is 0.312. The van der Waals surface area contributed by atoms with Gasteiger partial charge in [0.15, 0.2) is 0 Å². The number of hydrogen-bond donors (Lipinski definition) is 1. The third-order valence-electron chi connectivity index (χ3n) is 3.47. The normalized spacial score (nSPS) is 12.9. The quantitative estimate of drug-likeness (QED) is 0.747. The summed E-state index contributed by atoms with van der Waals surface area (Å²) < 4.78 is 2.79. The van der Waals surface area contributed by atoms with Crippen molar-refractivity contribution in [3.8, 4) is 0 Å². The van der Waals surface area contributed by atoms with E-state index in [1.807, 2.05) is 34.9 Å². The molecule has 3 heterocycles. The minimum Gasteiger partial charge on any atom is -0.309 e. The first kappa shape index (κ1) is 13.7. The van der Waals surface area contributed by atoms with Crippen molar-refractivity contribution in [1.82, 2.24) is 10.3 Å². The second-order valence-corrected chi connectivity index (χ2v) is 6.94. The summed E-state index contributed by atoms with van der Waals surface area (Å²) in [6.45, 7) is 5.27. The molecule has 0 fully saturated rings. The molecule has 4 heteroatoms. The van der Waals surface area contributed by atoms with Gasteiger partial charge in [-0.05, 0) is 42.6 Å². The third-order valence-corrected chi connectivity index (χ3v) is 5.67. The van der Waals surface area contributed by atoms with Crippen molar-refractivity contribution in [3.05, 3.63) is 52.0 Å². The first-order valence-corrected chi connectivity index (χ1v) is 8.58. The summed E-state index contributed by atoms with van der Waals surface area (Å²) in [5.74, 6) is 0. The molecule has 0 radical (unpaired) electrons. The Labute approximate surface area is 127 Å². The molecule has 1 N–H and O–H groups in total. The van der Waals surface area contributed by atoms with Gasteiger partial charge in [0.05, 0.1) is 0 Å². The van der Waals surface area contributed by atoms with Crippen molar-refractivity contribution in [2.24, 2.45) is 0 Å². The zero-order chi connectivity index (χ0) is 13.9. The van der Waals surface area contributed by atoms with Gasteiger partial charge in [-0.25, -0.2) is 0 Å². The monoisotopic (exact) mass is 302 g/mol. The van der Waals surface area contributed by atoms with Crippen LogP contribution >= 0.6 is 22.7 Å². The highest BCUT2D eigenvalue weighted by Crippen LogP contribution is 2.34. The Kier molecular flexibility index (Phi) is 4.15. The van der Waals surface area contributed by atoms with E-state index < -0.39 is 0 Å². The predicted octanol–water partition coefficient (Wildman–Crippen LogP) is 4.56. The topological polar surface area (TPSA) is 24.9 Å². The van der Waals surface area contributed by atoms with Gasteiger partial charge in [0.1, 0.15) is 0 Å². The molecule has 0 aromatic carbocycles. The van der Waals surface area contributed by atoms with Gasteiger partial charge >= 0.3 is 0 Å². The Morgan fingerprint density at radius 2 is 2.20 bits per heavy atom. The molecule has 3 aromatic rings. The van der Waals surface area contributed by atoms with E-state index in [1.54, 1.807) is 0 Å². The molecule has 0 saturated carbocycles. The smallest absolute Gasteiger partial charge is 0.0471 e. The fourth-order valence-corrected chi connectivity index (χ4v) is 4.60. The number of likely N-dealkylation sites (N-methyl/N-ethyl adjacent to an activating group) is 1. The van der Waals surface area contributed by atoms with E-state index in [0.717, 1.165) is 13.0 Å². The highest BCUT2D eigenvalue weighted by Gasteiger charge is 2.16. The molecule has 1 unspecified atom stereocenters. The molecule has 1 atom stereocenters. The Hall–Kier alpha value is -1.23. The molecular formula is C16H18N2S2. The molecule has 0 aliphatic heterocycles. The number of nitrogens with one attached hydrogen (secondary N) is 1. The van der Waals surface area contributed by atoms with Crippen molar-refractivity contribution in [2.45, 2.75) is 26.3 Å². The van der Waals surface area contributed by atoms with Crippen molar-refractivity contribution in [2.75, 3.05) is 6.54 Å². The molecule has 0 spiro atoms. The highest BCUT2D eigenvalue weighted by molar-refractivity contribution is 7.26. The van der Waals surface area contributed by atoms with Crippen LogP contribution in [0.5, 0.6) is 0 Å². The van der Waals surface area contributed by atoms with Gasteiger partial charge in [0.2, 0.25) is 0 Å². The number of rotatable bonds is 5. The van der Waals surface area contributed by atoms with Crippen LogP contribution in [0, 0.1) is 6.92 Å². The first-order valence-electron chi connectivity index (χ1n) is 6.88. The van der Waals surface area contributed by atoms with Gasteiger partial charge in [-0.15, -0.1) is 22.7 Å². The average molecular weight is 302 g/mol. The number of pyridine rings is 1. The molecule has 20 heavy (non-hydrogen) atoms. The lowest BCUT2D eigenvalue weighted by atomic mass is 10.1. The van der Waals surface area contributed by atoms with E-state index in [1.165, 1.54) is 25.5 Å². The Morgan fingerprint density at radius 1 is 1.30 bits per heavy atom. The fourth-order valence-electron chi connectivity index (χ4n) is 2.40. The van der Waals surface area contributed by atoms with E-state index in [-0.39, 0.29) is 0 Å². The number of fused-ring (bicyclic) bond motifs is 1. The largest absolute Gasteiger partial charge is 0.309 e. The third kappa shape index (κ3) is 2.77.